The molecule has 0 saturated carbocycles. The highest BCUT2D eigenvalue weighted by Gasteiger charge is 2.16. The van der Waals surface area contributed by atoms with Gasteiger partial charge in [0.25, 0.3) is 0 Å². The monoisotopic (exact) mass is 339 g/mol. The summed E-state index contributed by atoms with van der Waals surface area (Å²) in [6.45, 7) is 5.16. The molecule has 0 spiro atoms. The molecule has 0 bridgehead atoms. The van der Waals surface area contributed by atoms with Crippen LogP contribution in [0.1, 0.15) is 5.69 Å². The molecule has 0 amide bonds. The number of fused-ring (bicyclic) bond motifs is 1. The molecular weight excluding hydrogens is 318 g/mol. The van der Waals surface area contributed by atoms with Gasteiger partial charge in [0.05, 0.1) is 30.1 Å². The van der Waals surface area contributed by atoms with E-state index in [1.165, 1.54) is 0 Å². The average Bonchev–Trinajstić information content (AvgIpc) is 2.99. The van der Waals surface area contributed by atoms with Gasteiger partial charge in [0.2, 0.25) is 0 Å². The van der Waals surface area contributed by atoms with Gasteiger partial charge in [-0.15, -0.1) is 0 Å². The maximum Gasteiger partial charge on any atom is 0.154 e. The molecule has 25 heavy (non-hydrogen) atoms. The molecule has 8 nitrogen and oxygen atoms in total. The Hall–Kier alpha value is -2.58. The highest BCUT2D eigenvalue weighted by atomic mass is 16.5. The van der Waals surface area contributed by atoms with Gasteiger partial charge in [0, 0.05) is 50.3 Å². The minimum atomic E-state index is 0.117. The summed E-state index contributed by atoms with van der Waals surface area (Å²) in [5.74, 6) is 0.720. The molecule has 1 aliphatic rings. The third-order valence-electron chi connectivity index (χ3n) is 4.47. The Bertz CT molecular complexity index is 886. The molecule has 0 aliphatic carbocycles. The van der Waals surface area contributed by atoms with Gasteiger partial charge < -0.3 is 15.4 Å². The van der Waals surface area contributed by atoms with Gasteiger partial charge in [-0.2, -0.15) is 5.10 Å². The lowest BCUT2D eigenvalue weighted by Gasteiger charge is -2.24. The van der Waals surface area contributed by atoms with Crippen LogP contribution in [0.3, 0.4) is 0 Å². The smallest absolute Gasteiger partial charge is 0.154 e. The van der Waals surface area contributed by atoms with Crippen LogP contribution in [0.5, 0.6) is 0 Å². The first-order valence-electron chi connectivity index (χ1n) is 8.39. The Morgan fingerprint density at radius 2 is 2.24 bits per heavy atom. The summed E-state index contributed by atoms with van der Waals surface area (Å²) in [6.07, 6.45) is 5.33. The number of anilines is 1. The number of nitrogens with one attached hydrogen (secondary N) is 2. The van der Waals surface area contributed by atoms with Crippen molar-refractivity contribution in [3.05, 3.63) is 30.4 Å². The van der Waals surface area contributed by atoms with Gasteiger partial charge in [-0.3, -0.25) is 9.67 Å². The summed E-state index contributed by atoms with van der Waals surface area (Å²) in [5, 5.41) is 11.0. The quantitative estimate of drug-likeness (QED) is 0.736. The predicted octanol–water partition coefficient (Wildman–Crippen LogP) is 1.13. The van der Waals surface area contributed by atoms with Crippen molar-refractivity contribution in [1.82, 2.24) is 30.0 Å². The maximum absolute atomic E-state index is 5.75. The molecule has 8 heteroatoms. The van der Waals surface area contributed by atoms with Crippen molar-refractivity contribution in [3.63, 3.8) is 0 Å². The maximum atomic E-state index is 5.75. The number of hydrogen-bond donors (Lipinski definition) is 2. The van der Waals surface area contributed by atoms with Gasteiger partial charge in [-0.05, 0) is 13.0 Å². The summed E-state index contributed by atoms with van der Waals surface area (Å²) in [5.41, 5.74) is 4.46. The van der Waals surface area contributed by atoms with Crippen LogP contribution in [0.25, 0.3) is 22.3 Å². The second kappa shape index (κ2) is 6.73. The van der Waals surface area contributed by atoms with E-state index < -0.39 is 0 Å². The van der Waals surface area contributed by atoms with Gasteiger partial charge in [0.1, 0.15) is 5.52 Å². The van der Waals surface area contributed by atoms with Crippen LogP contribution in [0.2, 0.25) is 0 Å². The van der Waals surface area contributed by atoms with Crippen molar-refractivity contribution >= 4 is 16.9 Å². The molecule has 0 radical (unpaired) electrons. The fourth-order valence-corrected chi connectivity index (χ4v) is 2.94. The average molecular weight is 339 g/mol. The molecule has 4 rings (SSSR count). The van der Waals surface area contributed by atoms with E-state index in [0.29, 0.717) is 6.54 Å². The number of ether oxygens (including phenoxy) is 1. The molecule has 1 aliphatic heterocycles. The normalized spacial score (nSPS) is 17.8. The van der Waals surface area contributed by atoms with E-state index in [4.69, 9.17) is 9.72 Å². The van der Waals surface area contributed by atoms with Gasteiger partial charge >= 0.3 is 0 Å². The largest absolute Gasteiger partial charge is 0.374 e. The second-order valence-electron chi connectivity index (χ2n) is 6.13. The van der Waals surface area contributed by atoms with Crippen molar-refractivity contribution in [2.45, 2.75) is 13.0 Å². The van der Waals surface area contributed by atoms with Crippen LogP contribution in [0.15, 0.2) is 24.7 Å². The molecule has 3 aromatic heterocycles. The minimum absolute atomic E-state index is 0.117. The molecule has 1 unspecified atom stereocenters. The van der Waals surface area contributed by atoms with Crippen molar-refractivity contribution in [3.8, 4) is 11.3 Å². The summed E-state index contributed by atoms with van der Waals surface area (Å²) >= 11 is 0. The Morgan fingerprint density at radius 3 is 3.00 bits per heavy atom. The van der Waals surface area contributed by atoms with Crippen LogP contribution in [-0.2, 0) is 11.8 Å². The second-order valence-corrected chi connectivity index (χ2v) is 6.13. The lowest BCUT2D eigenvalue weighted by Crippen LogP contribution is -2.42. The molecule has 4 heterocycles. The van der Waals surface area contributed by atoms with E-state index in [0.717, 1.165) is 53.5 Å². The predicted molar refractivity (Wildman–Crippen MR) is 95.4 cm³/mol. The summed E-state index contributed by atoms with van der Waals surface area (Å²) < 4.78 is 7.59. The zero-order valence-corrected chi connectivity index (χ0v) is 14.4. The first kappa shape index (κ1) is 15.9. The lowest BCUT2D eigenvalue weighted by atomic mass is 10.1. The fourth-order valence-electron chi connectivity index (χ4n) is 2.94. The van der Waals surface area contributed by atoms with E-state index in [1.807, 2.05) is 30.9 Å². The number of aryl methyl sites for hydroxylation is 1. The zero-order chi connectivity index (χ0) is 17.2. The van der Waals surface area contributed by atoms with E-state index in [2.05, 4.69) is 25.7 Å². The zero-order valence-electron chi connectivity index (χ0n) is 14.4. The topological polar surface area (TPSA) is 89.8 Å². The van der Waals surface area contributed by atoms with Crippen LogP contribution in [0.4, 0.5) is 5.82 Å². The van der Waals surface area contributed by atoms with Gasteiger partial charge in [-0.25, -0.2) is 9.97 Å². The fraction of sp³-hybridized carbons (Fsp3) is 0.412. The molecule has 0 aromatic carbocycles. The summed E-state index contributed by atoms with van der Waals surface area (Å²) in [6, 6.07) is 1.95. The van der Waals surface area contributed by atoms with Gasteiger partial charge in [-0.1, -0.05) is 0 Å². The molecule has 130 valence electrons. The van der Waals surface area contributed by atoms with Gasteiger partial charge in [0.15, 0.2) is 5.82 Å². The summed E-state index contributed by atoms with van der Waals surface area (Å²) in [4.78, 5) is 13.7. The number of pyridine rings is 1. The molecule has 1 fully saturated rings. The van der Waals surface area contributed by atoms with E-state index >= 15 is 0 Å². The van der Waals surface area contributed by atoms with Crippen molar-refractivity contribution in [2.24, 2.45) is 7.05 Å². The number of rotatable bonds is 4. The molecular formula is C17H21N7O. The first-order valence-corrected chi connectivity index (χ1v) is 8.39. The first-order chi connectivity index (χ1) is 12.2. The molecule has 3 aromatic rings. The Morgan fingerprint density at radius 1 is 1.36 bits per heavy atom. The SMILES string of the molecule is Cc1c(-c2cc3nccnc3c(NCC3CNCCO3)n2)cnn1C. The Labute approximate surface area is 145 Å². The molecule has 1 saturated heterocycles. The standard InChI is InChI=1S/C17H21N7O/c1-11-13(10-22-24(11)2)14-7-15-16(20-4-3-19-15)17(23-14)21-9-12-8-18-5-6-25-12/h3-4,7,10,12,18H,5-6,8-9H2,1-2H3,(H,21,23). The van der Waals surface area contributed by atoms with Crippen molar-refractivity contribution < 1.29 is 4.74 Å². The van der Waals surface area contributed by atoms with Crippen LogP contribution >= 0.6 is 0 Å². The van der Waals surface area contributed by atoms with Crippen molar-refractivity contribution in [2.75, 3.05) is 31.6 Å². The van der Waals surface area contributed by atoms with E-state index in [9.17, 15) is 0 Å². The van der Waals surface area contributed by atoms with Crippen LogP contribution < -0.4 is 10.6 Å². The number of aromatic nitrogens is 5. The summed E-state index contributed by atoms with van der Waals surface area (Å²) in [7, 11) is 1.92. The number of nitrogens with zero attached hydrogens (tertiary/aromatic N) is 5. The highest BCUT2D eigenvalue weighted by Crippen LogP contribution is 2.27. The van der Waals surface area contributed by atoms with Crippen molar-refractivity contribution in [1.29, 1.82) is 0 Å². The van der Waals surface area contributed by atoms with E-state index in [-0.39, 0.29) is 6.10 Å². The number of hydrogen-bond acceptors (Lipinski definition) is 7. The third-order valence-corrected chi connectivity index (χ3v) is 4.47. The Kier molecular flexibility index (Phi) is 4.29. The highest BCUT2D eigenvalue weighted by molar-refractivity contribution is 5.88. The molecule has 1 atom stereocenters. The van der Waals surface area contributed by atoms with Crippen LogP contribution in [-0.4, -0.2) is 57.1 Å². The third kappa shape index (κ3) is 3.18. The van der Waals surface area contributed by atoms with Crippen LogP contribution in [0, 0.1) is 6.92 Å². The molecule has 2 N–H and O–H groups in total. The number of morpholine rings is 1. The minimum Gasteiger partial charge on any atom is -0.374 e. The lowest BCUT2D eigenvalue weighted by molar-refractivity contribution is 0.0372. The Balaban J connectivity index is 1.70. The van der Waals surface area contributed by atoms with E-state index in [1.54, 1.807) is 12.4 Å².